The topological polar surface area (TPSA) is 68.7 Å². The number of aromatic nitrogens is 1. The van der Waals surface area contributed by atoms with Gasteiger partial charge in [-0.3, -0.25) is 14.6 Å². The number of carbonyl (C=O) groups excluding carboxylic acids is 2. The summed E-state index contributed by atoms with van der Waals surface area (Å²) in [5.41, 5.74) is 0.522. The maximum Gasteiger partial charge on any atom is 0.307 e. The lowest BCUT2D eigenvalue weighted by molar-refractivity contribution is -0.143. The summed E-state index contributed by atoms with van der Waals surface area (Å²) >= 11 is 0. The van der Waals surface area contributed by atoms with E-state index in [1.165, 1.54) is 6.20 Å². The van der Waals surface area contributed by atoms with Crippen molar-refractivity contribution in [1.29, 1.82) is 0 Å². The van der Waals surface area contributed by atoms with E-state index < -0.39 is 0 Å². The number of amides is 1. The molecule has 134 valence electrons. The zero-order valence-electron chi connectivity index (χ0n) is 14.7. The van der Waals surface area contributed by atoms with Gasteiger partial charge in [-0.25, -0.2) is 0 Å². The monoisotopic (exact) mass is 336 g/mol. The third-order valence-corrected chi connectivity index (χ3v) is 3.45. The van der Waals surface area contributed by atoms with Crippen molar-refractivity contribution in [3.8, 4) is 0 Å². The Morgan fingerprint density at radius 3 is 2.62 bits per heavy atom. The first-order valence-electron chi connectivity index (χ1n) is 8.61. The lowest BCUT2D eigenvalue weighted by Gasteiger charge is -2.22. The van der Waals surface area contributed by atoms with Crippen LogP contribution in [0.3, 0.4) is 0 Å². The largest absolute Gasteiger partial charge is 0.466 e. The third kappa shape index (κ3) is 8.06. The highest BCUT2D eigenvalue weighted by Gasteiger charge is 2.17. The highest BCUT2D eigenvalue weighted by Crippen LogP contribution is 2.06. The molecule has 0 bridgehead atoms. The summed E-state index contributed by atoms with van der Waals surface area (Å²) < 4.78 is 10.5. The minimum Gasteiger partial charge on any atom is -0.466 e. The minimum atomic E-state index is -0.291. The molecule has 0 aromatic carbocycles. The van der Waals surface area contributed by atoms with Crippen molar-refractivity contribution in [2.24, 2.45) is 0 Å². The summed E-state index contributed by atoms with van der Waals surface area (Å²) in [5.74, 6) is -0.415. The summed E-state index contributed by atoms with van der Waals surface area (Å²) in [6, 6.07) is 3.45. The highest BCUT2D eigenvalue weighted by atomic mass is 16.5. The normalized spacial score (nSPS) is 10.4. The molecule has 1 aromatic rings. The fourth-order valence-electron chi connectivity index (χ4n) is 2.15. The predicted molar refractivity (Wildman–Crippen MR) is 91.7 cm³/mol. The van der Waals surface area contributed by atoms with Crippen LogP contribution >= 0.6 is 0 Å². The molecule has 6 heteroatoms. The lowest BCUT2D eigenvalue weighted by Crippen LogP contribution is -2.34. The van der Waals surface area contributed by atoms with Gasteiger partial charge in [-0.05, 0) is 31.9 Å². The van der Waals surface area contributed by atoms with Crippen LogP contribution in [-0.2, 0) is 14.3 Å². The molecule has 0 saturated heterocycles. The van der Waals surface area contributed by atoms with Gasteiger partial charge in [0.2, 0.25) is 0 Å². The van der Waals surface area contributed by atoms with Crippen LogP contribution in [0, 0.1) is 0 Å². The number of nitrogens with zero attached hydrogens (tertiary/aromatic N) is 2. The number of rotatable bonds is 12. The molecular weight excluding hydrogens is 308 g/mol. The van der Waals surface area contributed by atoms with Crippen molar-refractivity contribution >= 4 is 11.9 Å². The van der Waals surface area contributed by atoms with Crippen LogP contribution in [0.5, 0.6) is 0 Å². The second-order valence-electron chi connectivity index (χ2n) is 5.41. The molecule has 0 saturated carbocycles. The molecule has 0 aliphatic heterocycles. The number of hydrogen-bond donors (Lipinski definition) is 0. The summed E-state index contributed by atoms with van der Waals surface area (Å²) in [7, 11) is 0. The highest BCUT2D eigenvalue weighted by molar-refractivity contribution is 5.94. The van der Waals surface area contributed by atoms with Crippen LogP contribution in [0.4, 0.5) is 0 Å². The van der Waals surface area contributed by atoms with Crippen LogP contribution in [0.2, 0.25) is 0 Å². The Morgan fingerprint density at radius 2 is 1.96 bits per heavy atom. The number of carbonyl (C=O) groups is 2. The van der Waals surface area contributed by atoms with E-state index in [0.717, 1.165) is 25.9 Å². The fourth-order valence-corrected chi connectivity index (χ4v) is 2.15. The molecule has 0 unspecified atom stereocenters. The van der Waals surface area contributed by atoms with Gasteiger partial charge in [0.25, 0.3) is 5.91 Å². The quantitative estimate of drug-likeness (QED) is 0.433. The first-order valence-corrected chi connectivity index (χ1v) is 8.61. The maximum absolute atomic E-state index is 12.6. The molecule has 1 heterocycles. The van der Waals surface area contributed by atoms with E-state index in [9.17, 15) is 9.59 Å². The number of hydrogen-bond acceptors (Lipinski definition) is 5. The van der Waals surface area contributed by atoms with Crippen molar-refractivity contribution in [3.05, 3.63) is 30.1 Å². The molecule has 1 aromatic heterocycles. The van der Waals surface area contributed by atoms with E-state index in [1.807, 2.05) is 0 Å². The Balaban J connectivity index is 2.52. The van der Waals surface area contributed by atoms with E-state index in [2.05, 4.69) is 11.9 Å². The van der Waals surface area contributed by atoms with Crippen LogP contribution in [0.15, 0.2) is 24.5 Å². The molecule has 0 N–H and O–H groups in total. The van der Waals surface area contributed by atoms with E-state index >= 15 is 0 Å². The predicted octanol–water partition coefficient (Wildman–Crippen LogP) is 2.68. The number of ether oxygens (including phenoxy) is 2. The number of esters is 1. The standard InChI is InChI=1S/C18H28N2O4/c1-3-5-13-23-14-7-11-20(12-9-17(21)24-4-2)18(22)16-8-6-10-19-15-16/h6,8,10,15H,3-5,7,9,11-14H2,1-2H3. The smallest absolute Gasteiger partial charge is 0.307 e. The lowest BCUT2D eigenvalue weighted by atomic mass is 10.2. The van der Waals surface area contributed by atoms with Crippen molar-refractivity contribution in [3.63, 3.8) is 0 Å². The minimum absolute atomic E-state index is 0.124. The molecule has 1 rings (SSSR count). The molecule has 24 heavy (non-hydrogen) atoms. The van der Waals surface area contributed by atoms with Gasteiger partial charge in [0.05, 0.1) is 18.6 Å². The van der Waals surface area contributed by atoms with Crippen LogP contribution in [-0.4, -0.2) is 54.7 Å². The van der Waals surface area contributed by atoms with Gasteiger partial charge in [-0.1, -0.05) is 13.3 Å². The van der Waals surface area contributed by atoms with Crippen LogP contribution in [0.25, 0.3) is 0 Å². The Morgan fingerprint density at radius 1 is 1.17 bits per heavy atom. The van der Waals surface area contributed by atoms with Gasteiger partial charge < -0.3 is 14.4 Å². The summed E-state index contributed by atoms with van der Waals surface area (Å²) in [4.78, 5) is 29.8. The first kappa shape index (κ1) is 20.1. The maximum atomic E-state index is 12.6. The van der Waals surface area contributed by atoms with Crippen molar-refractivity contribution in [1.82, 2.24) is 9.88 Å². The zero-order chi connectivity index (χ0) is 17.6. The fraction of sp³-hybridized carbons (Fsp3) is 0.611. The molecule has 0 radical (unpaired) electrons. The molecule has 1 amide bonds. The average Bonchev–Trinajstić information content (AvgIpc) is 2.61. The van der Waals surface area contributed by atoms with E-state index in [4.69, 9.17) is 9.47 Å². The van der Waals surface area contributed by atoms with Crippen molar-refractivity contribution < 1.29 is 19.1 Å². The van der Waals surface area contributed by atoms with Gasteiger partial charge in [-0.15, -0.1) is 0 Å². The van der Waals surface area contributed by atoms with E-state index in [1.54, 1.807) is 30.2 Å². The van der Waals surface area contributed by atoms with E-state index in [-0.39, 0.29) is 18.3 Å². The Labute approximate surface area is 144 Å². The van der Waals surface area contributed by atoms with E-state index in [0.29, 0.717) is 31.9 Å². The molecule has 0 spiro atoms. The Bertz CT molecular complexity index is 479. The SMILES string of the molecule is CCCCOCCCN(CCC(=O)OCC)C(=O)c1cccnc1. The Kier molecular flexibility index (Phi) is 10.4. The zero-order valence-corrected chi connectivity index (χ0v) is 14.7. The second kappa shape index (κ2) is 12.5. The van der Waals surface area contributed by atoms with Crippen molar-refractivity contribution in [2.45, 2.75) is 39.5 Å². The third-order valence-electron chi connectivity index (χ3n) is 3.45. The summed E-state index contributed by atoms with van der Waals surface area (Å²) in [6.07, 6.45) is 6.24. The number of unbranched alkanes of at least 4 members (excludes halogenated alkanes) is 1. The van der Waals surface area contributed by atoms with Gasteiger partial charge in [0, 0.05) is 38.7 Å². The first-order chi connectivity index (χ1) is 11.7. The average molecular weight is 336 g/mol. The molecule has 0 aliphatic carbocycles. The molecule has 6 nitrogen and oxygen atoms in total. The second-order valence-corrected chi connectivity index (χ2v) is 5.41. The van der Waals surface area contributed by atoms with Crippen LogP contribution < -0.4 is 0 Å². The van der Waals surface area contributed by atoms with Gasteiger partial charge >= 0.3 is 5.97 Å². The molecule has 0 aliphatic rings. The molecular formula is C18H28N2O4. The number of pyridine rings is 1. The van der Waals surface area contributed by atoms with Crippen LogP contribution in [0.1, 0.15) is 49.9 Å². The summed E-state index contributed by atoms with van der Waals surface area (Å²) in [5, 5.41) is 0. The molecule has 0 fully saturated rings. The van der Waals surface area contributed by atoms with Crippen molar-refractivity contribution in [2.75, 3.05) is 32.9 Å². The molecule has 0 atom stereocenters. The van der Waals surface area contributed by atoms with Gasteiger partial charge in [0.1, 0.15) is 0 Å². The summed E-state index contributed by atoms with van der Waals surface area (Å²) in [6.45, 7) is 6.46. The Hall–Kier alpha value is -1.95. The van der Waals surface area contributed by atoms with Gasteiger partial charge in [0.15, 0.2) is 0 Å². The van der Waals surface area contributed by atoms with Gasteiger partial charge in [-0.2, -0.15) is 0 Å².